The summed E-state index contributed by atoms with van der Waals surface area (Å²) in [5.41, 5.74) is 2.76. The highest BCUT2D eigenvalue weighted by molar-refractivity contribution is 6.69. The summed E-state index contributed by atoms with van der Waals surface area (Å²) >= 11 is 0. The maximum absolute atomic E-state index is 6.59. The molecular formula is C32H56OSi. The zero-order valence-electron chi connectivity index (χ0n) is 24.1. The van der Waals surface area contributed by atoms with Crippen LogP contribution >= 0.6 is 0 Å². The number of hydrogen-bond donors (Lipinski definition) is 0. The molecule has 0 aromatic heterocycles. The van der Waals surface area contributed by atoms with Crippen LogP contribution < -0.4 is 0 Å². The molecule has 0 aliphatic heterocycles. The van der Waals surface area contributed by atoms with Gasteiger partial charge in [0.25, 0.3) is 0 Å². The Labute approximate surface area is 213 Å². The molecule has 1 nitrogen and oxygen atoms in total. The van der Waals surface area contributed by atoms with Gasteiger partial charge in [-0.25, -0.2) is 0 Å². The summed E-state index contributed by atoms with van der Waals surface area (Å²) in [6, 6.07) is 0. The van der Waals surface area contributed by atoms with Crippen molar-refractivity contribution in [2.75, 3.05) is 0 Å². The van der Waals surface area contributed by atoms with Gasteiger partial charge in [0.05, 0.1) is 0 Å². The number of rotatable bonds is 7. The van der Waals surface area contributed by atoms with Crippen LogP contribution in [0, 0.1) is 52.3 Å². The number of hydrogen-bond acceptors (Lipinski definition) is 1. The molecule has 9 atom stereocenters. The molecule has 0 heterocycles. The molecule has 0 unspecified atom stereocenters. The fourth-order valence-corrected chi connectivity index (χ4v) is 10.6. The van der Waals surface area contributed by atoms with E-state index in [0.29, 0.717) is 16.9 Å². The van der Waals surface area contributed by atoms with E-state index in [-0.39, 0.29) is 0 Å². The molecule has 0 amide bonds. The van der Waals surface area contributed by atoms with E-state index in [0.717, 1.165) is 41.4 Å². The van der Waals surface area contributed by atoms with Gasteiger partial charge in [-0.2, -0.15) is 0 Å². The summed E-state index contributed by atoms with van der Waals surface area (Å²) in [4.78, 5) is 0. The molecule has 0 N–H and O–H groups in total. The Morgan fingerprint density at radius 3 is 2.38 bits per heavy atom. The quantitative estimate of drug-likeness (QED) is 0.258. The molecule has 34 heavy (non-hydrogen) atoms. The molecule has 4 rings (SSSR count). The van der Waals surface area contributed by atoms with Crippen molar-refractivity contribution in [3.05, 3.63) is 23.8 Å². The summed E-state index contributed by atoms with van der Waals surface area (Å²) in [5.74, 6) is 5.86. The first-order valence-electron chi connectivity index (χ1n) is 14.9. The van der Waals surface area contributed by atoms with E-state index in [1.807, 2.05) is 0 Å². The Bertz CT molecular complexity index is 774. The monoisotopic (exact) mass is 484 g/mol. The average Bonchev–Trinajstić information content (AvgIpc) is 3.10. The van der Waals surface area contributed by atoms with Crippen molar-refractivity contribution < 1.29 is 4.43 Å². The van der Waals surface area contributed by atoms with E-state index < -0.39 is 8.32 Å². The van der Waals surface area contributed by atoms with Crippen LogP contribution in [0.4, 0.5) is 0 Å². The minimum atomic E-state index is -1.46. The lowest BCUT2D eigenvalue weighted by Crippen LogP contribution is -2.51. The van der Waals surface area contributed by atoms with Crippen LogP contribution in [0.1, 0.15) is 99.3 Å². The molecule has 0 aromatic rings. The Balaban J connectivity index is 1.49. The molecule has 0 radical (unpaired) electrons. The number of allylic oxidation sites excluding steroid dienone is 3. The third-order valence-corrected chi connectivity index (χ3v) is 12.3. The van der Waals surface area contributed by atoms with Gasteiger partial charge in [0, 0.05) is 6.10 Å². The predicted molar refractivity (Wildman–Crippen MR) is 150 cm³/mol. The Morgan fingerprint density at radius 1 is 1.00 bits per heavy atom. The van der Waals surface area contributed by atoms with Crippen molar-refractivity contribution in [3.8, 4) is 0 Å². The summed E-state index contributed by atoms with van der Waals surface area (Å²) in [6.45, 7) is 22.1. The van der Waals surface area contributed by atoms with Crippen LogP contribution in [0.15, 0.2) is 23.8 Å². The van der Waals surface area contributed by atoms with Crippen molar-refractivity contribution >= 4 is 8.32 Å². The van der Waals surface area contributed by atoms with Crippen LogP contribution in [-0.2, 0) is 4.43 Å². The highest BCUT2D eigenvalue weighted by Crippen LogP contribution is 2.67. The van der Waals surface area contributed by atoms with Crippen molar-refractivity contribution in [1.29, 1.82) is 0 Å². The molecule has 0 aromatic carbocycles. The summed E-state index contributed by atoms with van der Waals surface area (Å²) < 4.78 is 6.59. The van der Waals surface area contributed by atoms with Crippen LogP contribution in [0.3, 0.4) is 0 Å². The van der Waals surface area contributed by atoms with Crippen LogP contribution in [0.2, 0.25) is 19.6 Å². The van der Waals surface area contributed by atoms with Gasteiger partial charge in [0.15, 0.2) is 8.32 Å². The molecule has 0 spiro atoms. The molecule has 194 valence electrons. The molecular weight excluding hydrogens is 428 g/mol. The van der Waals surface area contributed by atoms with Crippen molar-refractivity contribution in [2.45, 2.75) is 125 Å². The smallest absolute Gasteiger partial charge is 0.184 e. The van der Waals surface area contributed by atoms with Crippen molar-refractivity contribution in [2.24, 2.45) is 52.3 Å². The van der Waals surface area contributed by atoms with E-state index in [4.69, 9.17) is 4.43 Å². The predicted octanol–water partition coefficient (Wildman–Crippen LogP) is 9.66. The first kappa shape index (κ1) is 26.7. The lowest BCUT2D eigenvalue weighted by Gasteiger charge is -2.58. The second-order valence-corrected chi connectivity index (χ2v) is 19.1. The van der Waals surface area contributed by atoms with Gasteiger partial charge in [-0.15, -0.1) is 0 Å². The fourth-order valence-electron chi connectivity index (χ4n) is 9.41. The van der Waals surface area contributed by atoms with Gasteiger partial charge >= 0.3 is 0 Å². The standard InChI is InChI=1S/C32H56OSi/c1-10-24(22(2)3)12-11-23(4)28-15-16-29-27-14-13-25-21-26(33-34(7,8)9)17-19-31(25,5)30(27)18-20-32(28,29)6/h11-13,22-24,26-30H,10,14-21H2,1-9H3/b12-11-/t23-,24+,26+,27+,28+,29+,30+,31+,32+/m0/s1. The second kappa shape index (κ2) is 9.84. The molecule has 3 saturated carbocycles. The van der Waals surface area contributed by atoms with E-state index >= 15 is 0 Å². The minimum absolute atomic E-state index is 0.443. The van der Waals surface area contributed by atoms with Crippen LogP contribution in [0.5, 0.6) is 0 Å². The highest BCUT2D eigenvalue weighted by atomic mass is 28.4. The summed E-state index contributed by atoms with van der Waals surface area (Å²) in [6.07, 6.45) is 20.7. The van der Waals surface area contributed by atoms with Crippen LogP contribution in [0.25, 0.3) is 0 Å². The van der Waals surface area contributed by atoms with Gasteiger partial charge in [0.1, 0.15) is 0 Å². The SMILES string of the molecule is CC[C@H](/C=C\[C@H](C)[C@H]1CC[C@@H]2[C@H]3CC=C4C[C@H](O[Si](C)(C)C)CC[C@@]4(C)[C@@H]3CC[C@@]21C)C(C)C. The third-order valence-electron chi connectivity index (χ3n) is 11.3. The van der Waals surface area contributed by atoms with E-state index in [2.05, 4.69) is 79.4 Å². The van der Waals surface area contributed by atoms with Gasteiger partial charge in [-0.3, -0.25) is 0 Å². The topological polar surface area (TPSA) is 9.23 Å². The molecule has 3 fully saturated rings. The largest absolute Gasteiger partial charge is 0.414 e. The van der Waals surface area contributed by atoms with E-state index in [1.165, 1.54) is 57.8 Å². The average molecular weight is 485 g/mol. The van der Waals surface area contributed by atoms with Crippen LogP contribution in [-0.4, -0.2) is 14.4 Å². The maximum atomic E-state index is 6.59. The molecule has 0 saturated heterocycles. The van der Waals surface area contributed by atoms with Gasteiger partial charge in [-0.1, -0.05) is 65.3 Å². The van der Waals surface area contributed by atoms with E-state index in [9.17, 15) is 0 Å². The maximum Gasteiger partial charge on any atom is 0.184 e. The Hall–Kier alpha value is -0.343. The zero-order chi connectivity index (χ0) is 24.9. The zero-order valence-corrected chi connectivity index (χ0v) is 25.1. The molecule has 0 bridgehead atoms. The Morgan fingerprint density at radius 2 is 1.74 bits per heavy atom. The molecule has 4 aliphatic rings. The summed E-state index contributed by atoms with van der Waals surface area (Å²) in [5, 5.41) is 0. The lowest BCUT2D eigenvalue weighted by molar-refractivity contribution is -0.0530. The first-order valence-corrected chi connectivity index (χ1v) is 18.4. The van der Waals surface area contributed by atoms with Gasteiger partial charge in [-0.05, 0) is 130 Å². The van der Waals surface area contributed by atoms with Gasteiger partial charge in [0.2, 0.25) is 0 Å². The minimum Gasteiger partial charge on any atom is -0.414 e. The second-order valence-electron chi connectivity index (χ2n) is 14.6. The third kappa shape index (κ3) is 4.93. The number of fused-ring (bicyclic) bond motifs is 5. The van der Waals surface area contributed by atoms with Crippen molar-refractivity contribution in [1.82, 2.24) is 0 Å². The Kier molecular flexibility index (Phi) is 7.73. The summed E-state index contributed by atoms with van der Waals surface area (Å²) in [7, 11) is -1.46. The first-order chi connectivity index (χ1) is 15.9. The molecule has 2 heteroatoms. The molecule has 4 aliphatic carbocycles. The highest BCUT2D eigenvalue weighted by Gasteiger charge is 2.59. The van der Waals surface area contributed by atoms with E-state index in [1.54, 1.807) is 5.57 Å². The van der Waals surface area contributed by atoms with Crippen molar-refractivity contribution in [3.63, 3.8) is 0 Å². The van der Waals surface area contributed by atoms with Gasteiger partial charge < -0.3 is 4.43 Å². The lowest BCUT2D eigenvalue weighted by atomic mass is 9.47. The normalized spacial score (nSPS) is 42.2. The fraction of sp³-hybridized carbons (Fsp3) is 0.875.